The van der Waals surface area contributed by atoms with Crippen molar-refractivity contribution >= 4 is 5.69 Å². The molecule has 2 aromatic carbocycles. The number of nitrogens with zero attached hydrogens (tertiary/aromatic N) is 1. The number of anilines is 1. The Labute approximate surface area is 131 Å². The van der Waals surface area contributed by atoms with Crippen LogP contribution >= 0.6 is 0 Å². The van der Waals surface area contributed by atoms with Crippen LogP contribution in [0.25, 0.3) is 0 Å². The lowest BCUT2D eigenvalue weighted by atomic mass is 10.1. The smallest absolute Gasteiger partial charge is 0.127 e. The van der Waals surface area contributed by atoms with Gasteiger partial charge in [0.05, 0.1) is 18.4 Å². The zero-order valence-corrected chi connectivity index (χ0v) is 13.6. The van der Waals surface area contributed by atoms with Crippen molar-refractivity contribution in [1.82, 2.24) is 0 Å². The molecule has 0 unspecified atom stereocenters. The number of aryl methyl sites for hydroxylation is 2. The minimum Gasteiger partial charge on any atom is -0.496 e. The third-order valence-electron chi connectivity index (χ3n) is 3.65. The lowest BCUT2D eigenvalue weighted by Gasteiger charge is -2.19. The van der Waals surface area contributed by atoms with E-state index >= 15 is 0 Å². The van der Waals surface area contributed by atoms with Crippen molar-refractivity contribution in [2.45, 2.75) is 26.9 Å². The van der Waals surface area contributed by atoms with E-state index in [1.165, 1.54) is 5.56 Å². The second kappa shape index (κ2) is 7.18. The Bertz CT molecular complexity index is 638. The number of ether oxygens (including phenoxy) is 2. The fourth-order valence-corrected chi connectivity index (χ4v) is 2.43. The number of rotatable bonds is 6. The number of hydrogen-bond acceptors (Lipinski definition) is 4. The maximum Gasteiger partial charge on any atom is 0.127 e. The largest absolute Gasteiger partial charge is 0.496 e. The molecule has 2 aromatic rings. The number of hydrogen-bond donors (Lipinski definition) is 1. The minimum absolute atomic E-state index is 0.334. The van der Waals surface area contributed by atoms with Gasteiger partial charge < -0.3 is 9.47 Å². The quantitative estimate of drug-likeness (QED) is 0.820. The van der Waals surface area contributed by atoms with Crippen molar-refractivity contribution < 1.29 is 14.7 Å². The molecule has 0 aromatic heterocycles. The third kappa shape index (κ3) is 3.52. The molecule has 0 aliphatic heterocycles. The average molecular weight is 301 g/mol. The standard InChI is InChI=1S/C18H23NO3/c1-5-14-10-9-13(2)11-18(14)22-12-15-16(19(3)20)7-6-8-17(15)21-4/h6-11,20H,5,12H2,1-4H3. The lowest BCUT2D eigenvalue weighted by molar-refractivity contribution is 0.266. The maximum atomic E-state index is 9.79. The van der Waals surface area contributed by atoms with Crippen LogP contribution in [-0.2, 0) is 13.0 Å². The van der Waals surface area contributed by atoms with Gasteiger partial charge in [-0.15, -0.1) is 0 Å². The fourth-order valence-electron chi connectivity index (χ4n) is 2.43. The van der Waals surface area contributed by atoms with E-state index in [0.717, 1.165) is 28.4 Å². The molecule has 0 spiro atoms. The van der Waals surface area contributed by atoms with Gasteiger partial charge in [0.1, 0.15) is 18.1 Å². The number of benzene rings is 2. The van der Waals surface area contributed by atoms with Crippen molar-refractivity contribution in [3.63, 3.8) is 0 Å². The Balaban J connectivity index is 2.30. The first-order valence-corrected chi connectivity index (χ1v) is 7.37. The molecule has 0 amide bonds. The molecule has 22 heavy (non-hydrogen) atoms. The van der Waals surface area contributed by atoms with Crippen LogP contribution in [0, 0.1) is 6.92 Å². The summed E-state index contributed by atoms with van der Waals surface area (Å²) in [6.07, 6.45) is 0.911. The van der Waals surface area contributed by atoms with Gasteiger partial charge in [0.15, 0.2) is 0 Å². The first-order chi connectivity index (χ1) is 10.6. The molecule has 4 heteroatoms. The molecule has 4 nitrogen and oxygen atoms in total. The summed E-state index contributed by atoms with van der Waals surface area (Å²) in [5.41, 5.74) is 3.81. The van der Waals surface area contributed by atoms with Gasteiger partial charge in [-0.2, -0.15) is 0 Å². The van der Waals surface area contributed by atoms with Crippen LogP contribution in [0.1, 0.15) is 23.6 Å². The predicted octanol–water partition coefficient (Wildman–Crippen LogP) is 3.97. The van der Waals surface area contributed by atoms with Crippen LogP contribution in [-0.4, -0.2) is 19.4 Å². The second-order valence-electron chi connectivity index (χ2n) is 5.23. The molecule has 0 heterocycles. The molecular formula is C18H23NO3. The van der Waals surface area contributed by atoms with Crippen LogP contribution in [0.5, 0.6) is 11.5 Å². The molecule has 118 valence electrons. The zero-order chi connectivity index (χ0) is 16.1. The van der Waals surface area contributed by atoms with E-state index in [0.29, 0.717) is 18.0 Å². The average Bonchev–Trinajstić information content (AvgIpc) is 2.52. The summed E-state index contributed by atoms with van der Waals surface area (Å²) in [4.78, 5) is 0. The molecule has 0 aliphatic carbocycles. The van der Waals surface area contributed by atoms with Gasteiger partial charge in [0.25, 0.3) is 0 Å². The fraction of sp³-hybridized carbons (Fsp3) is 0.333. The number of methoxy groups -OCH3 is 1. The first kappa shape index (κ1) is 16.2. The van der Waals surface area contributed by atoms with Gasteiger partial charge in [-0.1, -0.05) is 25.1 Å². The molecule has 0 radical (unpaired) electrons. The molecule has 0 saturated carbocycles. The zero-order valence-electron chi connectivity index (χ0n) is 13.6. The minimum atomic E-state index is 0.334. The van der Waals surface area contributed by atoms with E-state index in [1.54, 1.807) is 14.2 Å². The predicted molar refractivity (Wildman–Crippen MR) is 88.1 cm³/mol. The van der Waals surface area contributed by atoms with Gasteiger partial charge >= 0.3 is 0 Å². The van der Waals surface area contributed by atoms with Gasteiger partial charge in [-0.05, 0) is 42.7 Å². The summed E-state index contributed by atoms with van der Waals surface area (Å²) in [5.74, 6) is 1.57. The van der Waals surface area contributed by atoms with E-state index in [1.807, 2.05) is 31.2 Å². The summed E-state index contributed by atoms with van der Waals surface area (Å²) < 4.78 is 11.4. The van der Waals surface area contributed by atoms with Crippen molar-refractivity contribution in [2.24, 2.45) is 0 Å². The maximum absolute atomic E-state index is 9.79. The van der Waals surface area contributed by atoms with E-state index in [4.69, 9.17) is 9.47 Å². The normalized spacial score (nSPS) is 10.4. The molecule has 0 bridgehead atoms. The summed E-state index contributed by atoms with van der Waals surface area (Å²) in [5, 5.41) is 10.9. The van der Waals surface area contributed by atoms with Crippen LogP contribution in [0.4, 0.5) is 5.69 Å². The van der Waals surface area contributed by atoms with Crippen LogP contribution < -0.4 is 14.5 Å². The van der Waals surface area contributed by atoms with Crippen molar-refractivity contribution in [3.05, 3.63) is 53.1 Å². The van der Waals surface area contributed by atoms with Crippen LogP contribution in [0.3, 0.4) is 0 Å². The highest BCUT2D eigenvalue weighted by atomic mass is 16.5. The third-order valence-corrected chi connectivity index (χ3v) is 3.65. The Morgan fingerprint density at radius 1 is 1.14 bits per heavy atom. The molecule has 1 N–H and O–H groups in total. The lowest BCUT2D eigenvalue weighted by Crippen LogP contribution is -2.14. The van der Waals surface area contributed by atoms with Gasteiger partial charge in [-0.3, -0.25) is 10.3 Å². The molecule has 0 fully saturated rings. The van der Waals surface area contributed by atoms with Crippen molar-refractivity contribution in [2.75, 3.05) is 19.2 Å². The van der Waals surface area contributed by atoms with E-state index in [2.05, 4.69) is 19.1 Å². The van der Waals surface area contributed by atoms with Crippen LogP contribution in [0.2, 0.25) is 0 Å². The molecule has 0 atom stereocenters. The highest BCUT2D eigenvalue weighted by Gasteiger charge is 2.13. The summed E-state index contributed by atoms with van der Waals surface area (Å²) in [6, 6.07) is 11.7. The van der Waals surface area contributed by atoms with Gasteiger partial charge in [-0.25, -0.2) is 0 Å². The Kier molecular flexibility index (Phi) is 5.28. The Hall–Kier alpha value is -2.20. The SMILES string of the molecule is CCc1ccc(C)cc1OCc1c(OC)cccc1N(C)O. The second-order valence-corrected chi connectivity index (χ2v) is 5.23. The Morgan fingerprint density at radius 3 is 2.55 bits per heavy atom. The van der Waals surface area contributed by atoms with Gasteiger partial charge in [0.2, 0.25) is 0 Å². The van der Waals surface area contributed by atoms with E-state index in [9.17, 15) is 5.21 Å². The highest BCUT2D eigenvalue weighted by Crippen LogP contribution is 2.30. The van der Waals surface area contributed by atoms with Crippen molar-refractivity contribution in [3.8, 4) is 11.5 Å². The summed E-state index contributed by atoms with van der Waals surface area (Å²) in [7, 11) is 3.20. The van der Waals surface area contributed by atoms with E-state index in [-0.39, 0.29) is 0 Å². The highest BCUT2D eigenvalue weighted by molar-refractivity contribution is 5.57. The Morgan fingerprint density at radius 2 is 1.91 bits per heavy atom. The monoisotopic (exact) mass is 301 g/mol. The number of hydroxylamine groups is 1. The molecule has 2 rings (SSSR count). The summed E-state index contributed by atoms with van der Waals surface area (Å²) in [6.45, 7) is 4.48. The molecule has 0 saturated heterocycles. The van der Waals surface area contributed by atoms with Gasteiger partial charge in [0, 0.05) is 7.05 Å². The first-order valence-electron chi connectivity index (χ1n) is 7.37. The molecule has 0 aliphatic rings. The molecular weight excluding hydrogens is 278 g/mol. The van der Waals surface area contributed by atoms with Crippen LogP contribution in [0.15, 0.2) is 36.4 Å². The topological polar surface area (TPSA) is 41.9 Å². The summed E-state index contributed by atoms with van der Waals surface area (Å²) >= 11 is 0. The van der Waals surface area contributed by atoms with Crippen molar-refractivity contribution in [1.29, 1.82) is 0 Å². The van der Waals surface area contributed by atoms with E-state index < -0.39 is 0 Å².